The Bertz CT molecular complexity index is 1770. The third-order valence-electron chi connectivity index (χ3n) is 8.27. The molecular formula is C33H35N9O2. The number of nitrogens with one attached hydrogen (secondary N) is 3. The van der Waals surface area contributed by atoms with E-state index in [1.165, 1.54) is 12.3 Å². The first kappa shape index (κ1) is 29.0. The van der Waals surface area contributed by atoms with Crippen LogP contribution in [-0.4, -0.2) is 50.2 Å². The number of rotatable bonds is 3. The van der Waals surface area contributed by atoms with Crippen molar-refractivity contribution in [1.29, 1.82) is 0 Å². The van der Waals surface area contributed by atoms with Crippen LogP contribution in [0, 0.1) is 6.57 Å². The number of fused-ring (bicyclic) bond motifs is 3. The number of nitrogen functional groups attached to an aromatic ring is 1. The van der Waals surface area contributed by atoms with Crippen molar-refractivity contribution in [3.05, 3.63) is 77.4 Å². The Hall–Kier alpha value is -5.08. The number of nitrogens with two attached hydrogens (primary N) is 1. The van der Waals surface area contributed by atoms with Gasteiger partial charge < -0.3 is 21.7 Å². The molecule has 5 N–H and O–H groups in total. The molecule has 11 heteroatoms. The fourth-order valence-corrected chi connectivity index (χ4v) is 6.11. The predicted octanol–water partition coefficient (Wildman–Crippen LogP) is 5.26. The van der Waals surface area contributed by atoms with Crippen LogP contribution in [0.5, 0.6) is 0 Å². The van der Waals surface area contributed by atoms with Crippen LogP contribution in [0.25, 0.3) is 33.1 Å². The van der Waals surface area contributed by atoms with Gasteiger partial charge >= 0.3 is 0 Å². The number of aromatic nitrogens is 4. The minimum absolute atomic E-state index is 0.0696. The van der Waals surface area contributed by atoms with Gasteiger partial charge in [-0.15, -0.1) is 0 Å². The standard InChI is InChI=1S/C33H35N9O2/c1-20-16-28(43)39-25-7-5-8-26(17-25)42-31-23(6-3-4-14-36-20)19-38-32(34)29(31)30(41-42)21-9-11-22(12-10-21)33(44)40-27-18-24(35-2)13-15-37-27/h3,6,9-13,15,18-20,25-26,36H,4-5,7-8,14,16-17H2,1H3,(H2,34,38)(H,39,43)(H,37,40,44)/b6-3+/t20-,25-,26-/m1/s1. The SMILES string of the molecule is [C-]#[N+]c1ccnc(NC(=O)c2ccc(-c3nn4c5c(cnc(N)c35)/C=C/CCN[C@H](C)CC(=O)N[C@@H]3CCC[C@@H]4C3)cc2)c1. The van der Waals surface area contributed by atoms with Crippen LogP contribution in [-0.2, 0) is 4.79 Å². The van der Waals surface area contributed by atoms with Crippen LogP contribution < -0.4 is 21.7 Å². The molecule has 4 aromatic rings. The van der Waals surface area contributed by atoms with Crippen molar-refractivity contribution in [3.8, 4) is 11.3 Å². The monoisotopic (exact) mass is 589 g/mol. The molecule has 3 atom stereocenters. The van der Waals surface area contributed by atoms with Gasteiger partial charge in [0, 0.05) is 47.6 Å². The topological polar surface area (TPSA) is 144 Å². The van der Waals surface area contributed by atoms with Crippen molar-refractivity contribution in [2.24, 2.45) is 0 Å². The maximum Gasteiger partial charge on any atom is 0.256 e. The second-order valence-electron chi connectivity index (χ2n) is 11.5. The first-order valence-corrected chi connectivity index (χ1v) is 15.0. The number of carbonyl (C=O) groups excluding carboxylic acids is 2. The van der Waals surface area contributed by atoms with Gasteiger partial charge in [-0.05, 0) is 69.8 Å². The number of hydrogen-bond donors (Lipinski definition) is 4. The Morgan fingerprint density at radius 2 is 2.02 bits per heavy atom. The summed E-state index contributed by atoms with van der Waals surface area (Å²) in [6, 6.07) is 10.5. The van der Waals surface area contributed by atoms with Crippen molar-refractivity contribution in [2.45, 2.75) is 63.6 Å². The van der Waals surface area contributed by atoms with Crippen LogP contribution in [0.2, 0.25) is 0 Å². The van der Waals surface area contributed by atoms with Crippen molar-refractivity contribution >= 4 is 46.1 Å². The van der Waals surface area contributed by atoms with Crippen LogP contribution >= 0.6 is 0 Å². The van der Waals surface area contributed by atoms with Crippen LogP contribution in [0.15, 0.2) is 54.9 Å². The van der Waals surface area contributed by atoms with E-state index in [1.54, 1.807) is 24.4 Å². The largest absolute Gasteiger partial charge is 0.383 e. The van der Waals surface area contributed by atoms with Gasteiger partial charge in [-0.1, -0.05) is 24.3 Å². The fourth-order valence-electron chi connectivity index (χ4n) is 6.11. The summed E-state index contributed by atoms with van der Waals surface area (Å²) in [5, 5.41) is 15.4. The van der Waals surface area contributed by atoms with Gasteiger partial charge in [0.15, 0.2) is 5.69 Å². The van der Waals surface area contributed by atoms with Gasteiger partial charge in [-0.25, -0.2) is 14.8 Å². The molecule has 2 amide bonds. The lowest BCUT2D eigenvalue weighted by atomic mass is 9.90. The molecule has 224 valence electrons. The maximum atomic E-state index is 12.9. The lowest BCUT2D eigenvalue weighted by Crippen LogP contribution is -2.41. The van der Waals surface area contributed by atoms with E-state index in [0.717, 1.165) is 60.7 Å². The zero-order valence-electron chi connectivity index (χ0n) is 24.6. The zero-order chi connectivity index (χ0) is 30.6. The molecule has 0 spiro atoms. The van der Waals surface area contributed by atoms with E-state index in [0.29, 0.717) is 35.0 Å². The van der Waals surface area contributed by atoms with Crippen LogP contribution in [0.1, 0.15) is 67.4 Å². The van der Waals surface area contributed by atoms with E-state index in [1.807, 2.05) is 19.1 Å². The molecule has 4 heterocycles. The molecule has 0 radical (unpaired) electrons. The molecule has 0 saturated heterocycles. The summed E-state index contributed by atoms with van der Waals surface area (Å²) < 4.78 is 2.08. The maximum absolute atomic E-state index is 12.9. The third kappa shape index (κ3) is 6.16. The first-order valence-electron chi connectivity index (χ1n) is 15.0. The molecule has 2 aliphatic rings. The molecule has 2 bridgehead atoms. The summed E-state index contributed by atoms with van der Waals surface area (Å²) >= 11 is 0. The van der Waals surface area contributed by atoms with E-state index in [9.17, 15) is 9.59 Å². The molecule has 3 aromatic heterocycles. The Labute approximate surface area is 255 Å². The number of benzene rings is 1. The second kappa shape index (κ2) is 12.7. The summed E-state index contributed by atoms with van der Waals surface area (Å²) in [6.07, 6.45) is 12.4. The van der Waals surface area contributed by atoms with Crippen molar-refractivity contribution in [3.63, 3.8) is 0 Å². The zero-order valence-corrected chi connectivity index (χ0v) is 24.6. The van der Waals surface area contributed by atoms with E-state index in [-0.39, 0.29) is 29.9 Å². The normalized spacial score (nSPS) is 21.4. The highest BCUT2D eigenvalue weighted by atomic mass is 16.2. The number of carbonyl (C=O) groups is 2. The summed E-state index contributed by atoms with van der Waals surface area (Å²) in [6.45, 7) is 9.98. The summed E-state index contributed by atoms with van der Waals surface area (Å²) in [5.41, 5.74) is 10.7. The van der Waals surface area contributed by atoms with E-state index in [2.05, 4.69) is 47.6 Å². The molecule has 0 unspecified atom stereocenters. The van der Waals surface area contributed by atoms with Gasteiger partial charge in [0.1, 0.15) is 17.3 Å². The number of hydrogen-bond acceptors (Lipinski definition) is 7. The third-order valence-corrected chi connectivity index (χ3v) is 8.27. The van der Waals surface area contributed by atoms with Crippen molar-refractivity contribution in [1.82, 2.24) is 30.4 Å². The Kier molecular flexibility index (Phi) is 8.34. The Morgan fingerprint density at radius 1 is 1.18 bits per heavy atom. The number of anilines is 2. The van der Waals surface area contributed by atoms with Gasteiger partial charge in [0.25, 0.3) is 5.91 Å². The van der Waals surface area contributed by atoms with Gasteiger partial charge in [-0.3, -0.25) is 14.3 Å². The molecule has 44 heavy (non-hydrogen) atoms. The molecule has 1 aromatic carbocycles. The molecule has 1 saturated carbocycles. The summed E-state index contributed by atoms with van der Waals surface area (Å²) in [5.74, 6) is 0.442. The fraction of sp³-hybridized carbons (Fsp3) is 0.333. The first-order chi connectivity index (χ1) is 21.4. The smallest absolute Gasteiger partial charge is 0.256 e. The average molecular weight is 590 g/mol. The Balaban J connectivity index is 1.37. The van der Waals surface area contributed by atoms with Gasteiger partial charge in [0.05, 0.1) is 23.5 Å². The van der Waals surface area contributed by atoms with Crippen molar-refractivity contribution < 1.29 is 9.59 Å². The van der Waals surface area contributed by atoms with Crippen molar-refractivity contribution in [2.75, 3.05) is 17.6 Å². The number of amides is 2. The molecule has 11 nitrogen and oxygen atoms in total. The molecular weight excluding hydrogens is 554 g/mol. The highest BCUT2D eigenvalue weighted by Gasteiger charge is 2.29. The lowest BCUT2D eigenvalue weighted by molar-refractivity contribution is -0.122. The number of pyridine rings is 2. The summed E-state index contributed by atoms with van der Waals surface area (Å²) in [4.78, 5) is 37.8. The van der Waals surface area contributed by atoms with E-state index in [4.69, 9.17) is 17.4 Å². The average Bonchev–Trinajstić information content (AvgIpc) is 3.43. The summed E-state index contributed by atoms with van der Waals surface area (Å²) in [7, 11) is 0. The lowest BCUT2D eigenvalue weighted by Gasteiger charge is -2.31. The van der Waals surface area contributed by atoms with Gasteiger partial charge in [0.2, 0.25) is 5.91 Å². The van der Waals surface area contributed by atoms with Crippen LogP contribution in [0.3, 0.4) is 0 Å². The quantitative estimate of drug-likeness (QED) is 0.239. The van der Waals surface area contributed by atoms with E-state index >= 15 is 0 Å². The second-order valence-corrected chi connectivity index (χ2v) is 11.5. The molecule has 1 aliphatic heterocycles. The minimum atomic E-state index is -0.331. The van der Waals surface area contributed by atoms with E-state index < -0.39 is 0 Å². The van der Waals surface area contributed by atoms with Gasteiger partial charge in [-0.2, -0.15) is 5.10 Å². The molecule has 1 fully saturated rings. The number of nitrogens with zero attached hydrogens (tertiary/aromatic N) is 5. The highest BCUT2D eigenvalue weighted by molar-refractivity contribution is 6.06. The van der Waals surface area contributed by atoms with Crippen LogP contribution in [0.4, 0.5) is 17.3 Å². The predicted molar refractivity (Wildman–Crippen MR) is 171 cm³/mol. The molecule has 1 aliphatic carbocycles. The minimum Gasteiger partial charge on any atom is -0.383 e. The highest BCUT2D eigenvalue weighted by Crippen LogP contribution is 2.39. The molecule has 6 rings (SSSR count). The Morgan fingerprint density at radius 3 is 2.84 bits per heavy atom.